The third-order valence-electron chi connectivity index (χ3n) is 2.40. The van der Waals surface area contributed by atoms with Crippen LogP contribution in [0.5, 0.6) is 0 Å². The molecule has 1 aromatic heterocycles. The van der Waals surface area contributed by atoms with Gasteiger partial charge >= 0.3 is 0 Å². The van der Waals surface area contributed by atoms with Gasteiger partial charge in [0.05, 0.1) is 0 Å². The molecular weight excluding hydrogens is 244 g/mol. The van der Waals surface area contributed by atoms with Crippen molar-refractivity contribution >= 4 is 21.4 Å². The van der Waals surface area contributed by atoms with Crippen LogP contribution >= 0.6 is 11.3 Å². The standard InChI is InChI=1S/C10H18N2O2S2/c1-4-10(2,3)12-16(13,14)9-6-5-8(7-11)15-9/h5-6,12H,4,7,11H2,1-3H3. The molecule has 0 aliphatic carbocycles. The Bertz CT molecular complexity index is 449. The number of thiophene rings is 1. The lowest BCUT2D eigenvalue weighted by Gasteiger charge is -2.23. The molecule has 1 aromatic rings. The first-order valence-corrected chi connectivity index (χ1v) is 7.43. The molecule has 92 valence electrons. The van der Waals surface area contributed by atoms with Gasteiger partial charge in [-0.3, -0.25) is 0 Å². The first-order valence-electron chi connectivity index (χ1n) is 5.13. The smallest absolute Gasteiger partial charge is 0.250 e. The van der Waals surface area contributed by atoms with E-state index in [4.69, 9.17) is 5.73 Å². The molecule has 0 atom stereocenters. The lowest BCUT2D eigenvalue weighted by Crippen LogP contribution is -2.42. The van der Waals surface area contributed by atoms with Crippen LogP contribution in [-0.2, 0) is 16.6 Å². The van der Waals surface area contributed by atoms with Crippen LogP contribution in [0.1, 0.15) is 32.1 Å². The fraction of sp³-hybridized carbons (Fsp3) is 0.600. The van der Waals surface area contributed by atoms with Gasteiger partial charge in [-0.05, 0) is 32.4 Å². The number of nitrogens with two attached hydrogens (primary N) is 1. The molecule has 0 saturated carbocycles. The molecule has 0 fully saturated rings. The maximum Gasteiger partial charge on any atom is 0.250 e. The normalized spacial score (nSPS) is 13.0. The van der Waals surface area contributed by atoms with Gasteiger partial charge in [0.15, 0.2) is 0 Å². The fourth-order valence-electron chi connectivity index (χ4n) is 1.10. The first-order chi connectivity index (χ1) is 7.30. The molecule has 0 amide bonds. The summed E-state index contributed by atoms with van der Waals surface area (Å²) in [6.45, 7) is 6.05. The van der Waals surface area contributed by atoms with Crippen LogP contribution < -0.4 is 10.5 Å². The van der Waals surface area contributed by atoms with Gasteiger partial charge < -0.3 is 5.73 Å². The summed E-state index contributed by atoms with van der Waals surface area (Å²) < 4.78 is 27.0. The Morgan fingerprint density at radius 3 is 2.50 bits per heavy atom. The van der Waals surface area contributed by atoms with E-state index in [9.17, 15) is 8.42 Å². The van der Waals surface area contributed by atoms with E-state index in [1.54, 1.807) is 12.1 Å². The second kappa shape index (κ2) is 4.83. The molecule has 16 heavy (non-hydrogen) atoms. The number of hydrogen-bond donors (Lipinski definition) is 2. The summed E-state index contributed by atoms with van der Waals surface area (Å²) in [5.41, 5.74) is 5.03. The van der Waals surface area contributed by atoms with Gasteiger partial charge in [-0.25, -0.2) is 13.1 Å². The van der Waals surface area contributed by atoms with Crippen molar-refractivity contribution in [3.05, 3.63) is 17.0 Å². The van der Waals surface area contributed by atoms with Crippen LogP contribution in [-0.4, -0.2) is 14.0 Å². The molecule has 0 radical (unpaired) electrons. The molecule has 0 unspecified atom stereocenters. The van der Waals surface area contributed by atoms with E-state index in [1.807, 2.05) is 20.8 Å². The van der Waals surface area contributed by atoms with Crippen LogP contribution in [0.25, 0.3) is 0 Å². The van der Waals surface area contributed by atoms with Crippen LogP contribution in [0.3, 0.4) is 0 Å². The Labute approximate surface area is 101 Å². The lowest BCUT2D eigenvalue weighted by atomic mass is 10.0. The average molecular weight is 262 g/mol. The predicted molar refractivity (Wildman–Crippen MR) is 66.9 cm³/mol. The molecular formula is C10H18N2O2S2. The Hall–Kier alpha value is -0.430. The van der Waals surface area contributed by atoms with Crippen molar-refractivity contribution in [1.29, 1.82) is 0 Å². The molecule has 1 heterocycles. The molecule has 0 spiro atoms. The van der Waals surface area contributed by atoms with Gasteiger partial charge in [0.2, 0.25) is 0 Å². The highest BCUT2D eigenvalue weighted by atomic mass is 32.2. The molecule has 6 heteroatoms. The van der Waals surface area contributed by atoms with Crippen LogP contribution in [0, 0.1) is 0 Å². The molecule has 3 N–H and O–H groups in total. The Balaban J connectivity index is 2.94. The minimum absolute atomic E-state index is 0.328. The summed E-state index contributed by atoms with van der Waals surface area (Å²) in [7, 11) is -3.41. The maximum atomic E-state index is 12.0. The summed E-state index contributed by atoms with van der Waals surface area (Å²) in [6.07, 6.45) is 0.737. The molecule has 0 saturated heterocycles. The zero-order valence-corrected chi connectivity index (χ0v) is 11.4. The van der Waals surface area contributed by atoms with E-state index in [0.717, 1.165) is 11.3 Å². The van der Waals surface area contributed by atoms with Gasteiger partial charge in [0.25, 0.3) is 10.0 Å². The van der Waals surface area contributed by atoms with Crippen molar-refractivity contribution in [2.45, 2.75) is 43.5 Å². The van der Waals surface area contributed by atoms with Gasteiger partial charge in [-0.15, -0.1) is 11.3 Å². The highest BCUT2D eigenvalue weighted by molar-refractivity contribution is 7.91. The second-order valence-electron chi connectivity index (χ2n) is 4.27. The van der Waals surface area contributed by atoms with Crippen molar-refractivity contribution in [2.75, 3.05) is 0 Å². The second-order valence-corrected chi connectivity index (χ2v) is 7.35. The number of nitrogens with one attached hydrogen (secondary N) is 1. The Kier molecular flexibility index (Phi) is 4.12. The van der Waals surface area contributed by atoms with Gasteiger partial charge in [0, 0.05) is 17.0 Å². The van der Waals surface area contributed by atoms with E-state index >= 15 is 0 Å². The minimum Gasteiger partial charge on any atom is -0.326 e. The van der Waals surface area contributed by atoms with Gasteiger partial charge in [0.1, 0.15) is 4.21 Å². The van der Waals surface area contributed by atoms with Crippen molar-refractivity contribution in [3.8, 4) is 0 Å². The van der Waals surface area contributed by atoms with Crippen molar-refractivity contribution in [3.63, 3.8) is 0 Å². The monoisotopic (exact) mass is 262 g/mol. The van der Waals surface area contributed by atoms with Crippen LogP contribution in [0.2, 0.25) is 0 Å². The number of hydrogen-bond acceptors (Lipinski definition) is 4. The largest absolute Gasteiger partial charge is 0.326 e. The van der Waals surface area contributed by atoms with Crippen LogP contribution in [0.4, 0.5) is 0 Å². The quantitative estimate of drug-likeness (QED) is 0.848. The number of rotatable bonds is 5. The fourth-order valence-corrected chi connectivity index (χ4v) is 3.82. The van der Waals surface area contributed by atoms with E-state index in [1.165, 1.54) is 11.3 Å². The summed E-state index contributed by atoms with van der Waals surface area (Å²) in [4.78, 5) is 0.870. The Morgan fingerprint density at radius 2 is 2.06 bits per heavy atom. The van der Waals surface area contributed by atoms with E-state index in [0.29, 0.717) is 10.8 Å². The van der Waals surface area contributed by atoms with Gasteiger partial charge in [-0.1, -0.05) is 6.92 Å². The van der Waals surface area contributed by atoms with E-state index < -0.39 is 15.6 Å². The van der Waals surface area contributed by atoms with Crippen molar-refractivity contribution < 1.29 is 8.42 Å². The SMILES string of the molecule is CCC(C)(C)NS(=O)(=O)c1ccc(CN)s1. The van der Waals surface area contributed by atoms with Gasteiger partial charge in [-0.2, -0.15) is 0 Å². The molecule has 0 aliphatic heterocycles. The van der Waals surface area contributed by atoms with Crippen molar-refractivity contribution in [1.82, 2.24) is 4.72 Å². The molecule has 0 bridgehead atoms. The van der Waals surface area contributed by atoms with Crippen LogP contribution in [0.15, 0.2) is 16.3 Å². The maximum absolute atomic E-state index is 12.0. The predicted octanol–water partition coefficient (Wildman–Crippen LogP) is 1.67. The topological polar surface area (TPSA) is 72.2 Å². The zero-order chi connectivity index (χ0) is 12.4. The third kappa shape index (κ3) is 3.28. The molecule has 0 aliphatic rings. The molecule has 4 nitrogen and oxygen atoms in total. The molecule has 1 rings (SSSR count). The lowest BCUT2D eigenvalue weighted by molar-refractivity contribution is 0.440. The first kappa shape index (κ1) is 13.6. The third-order valence-corrected chi connectivity index (χ3v) is 5.70. The van der Waals surface area contributed by atoms with E-state index in [2.05, 4.69) is 4.72 Å². The average Bonchev–Trinajstić information content (AvgIpc) is 2.65. The Morgan fingerprint density at radius 1 is 1.44 bits per heavy atom. The highest BCUT2D eigenvalue weighted by Crippen LogP contribution is 2.23. The minimum atomic E-state index is -3.41. The van der Waals surface area contributed by atoms with Crippen molar-refractivity contribution in [2.24, 2.45) is 5.73 Å². The summed E-state index contributed by atoms with van der Waals surface area (Å²) >= 11 is 1.22. The molecule has 0 aromatic carbocycles. The number of sulfonamides is 1. The summed E-state index contributed by atoms with van der Waals surface area (Å²) in [5.74, 6) is 0. The zero-order valence-electron chi connectivity index (χ0n) is 9.78. The van der Waals surface area contributed by atoms with E-state index in [-0.39, 0.29) is 0 Å². The summed E-state index contributed by atoms with van der Waals surface area (Å²) in [6, 6.07) is 3.35. The highest BCUT2D eigenvalue weighted by Gasteiger charge is 2.25. The summed E-state index contributed by atoms with van der Waals surface area (Å²) in [5, 5.41) is 0.